The Bertz CT molecular complexity index is 394. The highest BCUT2D eigenvalue weighted by Crippen LogP contribution is 2.19. The second-order valence-corrected chi connectivity index (χ2v) is 3.85. The molecule has 1 N–H and O–H groups in total. The van der Waals surface area contributed by atoms with Gasteiger partial charge in [0, 0.05) is 6.42 Å². The maximum Gasteiger partial charge on any atom is 0.311 e. The zero-order valence-electron chi connectivity index (χ0n) is 9.97. The van der Waals surface area contributed by atoms with E-state index >= 15 is 0 Å². The number of rotatable bonds is 5. The minimum Gasteiger partial charge on any atom is -0.481 e. The van der Waals surface area contributed by atoms with Crippen molar-refractivity contribution in [1.29, 1.82) is 0 Å². The molecule has 0 aliphatic rings. The van der Waals surface area contributed by atoms with Crippen LogP contribution in [-0.4, -0.2) is 17.0 Å². The van der Waals surface area contributed by atoms with Crippen molar-refractivity contribution in [1.82, 2.24) is 0 Å². The molecule has 1 rings (SSSR count). The molecule has 0 radical (unpaired) electrons. The van der Waals surface area contributed by atoms with Crippen LogP contribution >= 0.6 is 0 Å². The lowest BCUT2D eigenvalue weighted by molar-refractivity contribution is -0.138. The van der Waals surface area contributed by atoms with E-state index in [1.165, 1.54) is 0 Å². The second kappa shape index (κ2) is 6.03. The molecule has 1 atom stereocenters. The Kier molecular flexibility index (Phi) is 4.69. The number of carbonyl (C=O) groups excluding carboxylic acids is 1. The number of carboxylic acid groups (broad SMARTS) is 1. The molecule has 0 heterocycles. The Morgan fingerprint density at radius 1 is 1.29 bits per heavy atom. The van der Waals surface area contributed by atoms with Crippen molar-refractivity contribution in [3.8, 4) is 5.75 Å². The fourth-order valence-electron chi connectivity index (χ4n) is 1.35. The number of hydrogen-bond acceptors (Lipinski definition) is 3. The first-order valence-corrected chi connectivity index (χ1v) is 5.58. The van der Waals surface area contributed by atoms with Gasteiger partial charge in [0.25, 0.3) is 0 Å². The van der Waals surface area contributed by atoms with Crippen molar-refractivity contribution in [3.63, 3.8) is 0 Å². The molecule has 0 fully saturated rings. The first-order valence-electron chi connectivity index (χ1n) is 5.58. The van der Waals surface area contributed by atoms with Crippen LogP contribution in [-0.2, 0) is 9.59 Å². The Morgan fingerprint density at radius 2 is 1.88 bits per heavy atom. The third-order valence-corrected chi connectivity index (χ3v) is 2.44. The summed E-state index contributed by atoms with van der Waals surface area (Å²) in [6, 6.07) is 6.55. The molecule has 4 heteroatoms. The van der Waals surface area contributed by atoms with Gasteiger partial charge in [0.05, 0.1) is 5.92 Å². The standard InChI is InChI=1S/C13H16O4/c1-3-4-12(14)17-11-7-5-10(6-8-11)9(2)13(15)16/h5-9H,3-4H2,1-2H3,(H,15,16). The number of ether oxygens (including phenoxy) is 1. The van der Waals surface area contributed by atoms with Crippen LogP contribution in [0.5, 0.6) is 5.75 Å². The van der Waals surface area contributed by atoms with E-state index in [9.17, 15) is 9.59 Å². The van der Waals surface area contributed by atoms with Crippen LogP contribution in [0.4, 0.5) is 0 Å². The lowest BCUT2D eigenvalue weighted by Crippen LogP contribution is -2.08. The first-order chi connectivity index (χ1) is 8.04. The van der Waals surface area contributed by atoms with E-state index in [1.54, 1.807) is 31.2 Å². The lowest BCUT2D eigenvalue weighted by atomic mass is 10.0. The van der Waals surface area contributed by atoms with Gasteiger partial charge in [0.1, 0.15) is 5.75 Å². The van der Waals surface area contributed by atoms with E-state index in [0.29, 0.717) is 17.7 Å². The van der Waals surface area contributed by atoms with Gasteiger partial charge in [-0.1, -0.05) is 19.1 Å². The summed E-state index contributed by atoms with van der Waals surface area (Å²) in [6.07, 6.45) is 1.13. The average molecular weight is 236 g/mol. The molecule has 0 aliphatic heterocycles. The van der Waals surface area contributed by atoms with Crippen LogP contribution in [0.25, 0.3) is 0 Å². The summed E-state index contributed by atoms with van der Waals surface area (Å²) >= 11 is 0. The molecule has 0 bridgehead atoms. The predicted octanol–water partition coefficient (Wildman–Crippen LogP) is 2.58. The van der Waals surface area contributed by atoms with Gasteiger partial charge in [-0.25, -0.2) is 0 Å². The van der Waals surface area contributed by atoms with Crippen LogP contribution in [0.15, 0.2) is 24.3 Å². The molecule has 17 heavy (non-hydrogen) atoms. The molecule has 4 nitrogen and oxygen atoms in total. The number of benzene rings is 1. The quantitative estimate of drug-likeness (QED) is 0.630. The Balaban J connectivity index is 2.68. The summed E-state index contributed by atoms with van der Waals surface area (Å²) < 4.78 is 5.06. The van der Waals surface area contributed by atoms with Gasteiger partial charge in [0.2, 0.25) is 0 Å². The summed E-state index contributed by atoms with van der Waals surface area (Å²) in [4.78, 5) is 22.0. The van der Waals surface area contributed by atoms with Gasteiger partial charge in [0.15, 0.2) is 0 Å². The second-order valence-electron chi connectivity index (χ2n) is 3.85. The number of hydrogen-bond donors (Lipinski definition) is 1. The SMILES string of the molecule is CCCC(=O)Oc1ccc(C(C)C(=O)O)cc1. The highest BCUT2D eigenvalue weighted by Gasteiger charge is 2.13. The zero-order valence-corrected chi connectivity index (χ0v) is 9.97. The number of carbonyl (C=O) groups is 2. The van der Waals surface area contributed by atoms with Crippen LogP contribution in [0.2, 0.25) is 0 Å². The highest BCUT2D eigenvalue weighted by molar-refractivity contribution is 5.76. The summed E-state index contributed by atoms with van der Waals surface area (Å²) in [5.41, 5.74) is 0.688. The molecular weight excluding hydrogens is 220 g/mol. The summed E-state index contributed by atoms with van der Waals surface area (Å²) in [7, 11) is 0. The van der Waals surface area contributed by atoms with E-state index < -0.39 is 11.9 Å². The summed E-state index contributed by atoms with van der Waals surface area (Å²) in [5.74, 6) is -1.26. The average Bonchev–Trinajstić information content (AvgIpc) is 2.29. The molecular formula is C13H16O4. The molecule has 0 aromatic heterocycles. The van der Waals surface area contributed by atoms with Crippen LogP contribution in [0.1, 0.15) is 38.2 Å². The third-order valence-electron chi connectivity index (χ3n) is 2.44. The van der Waals surface area contributed by atoms with Crippen molar-refractivity contribution >= 4 is 11.9 Å². The molecule has 1 aromatic carbocycles. The maximum absolute atomic E-state index is 11.2. The molecule has 0 spiro atoms. The van der Waals surface area contributed by atoms with Crippen molar-refractivity contribution in [2.75, 3.05) is 0 Å². The smallest absolute Gasteiger partial charge is 0.311 e. The summed E-state index contributed by atoms with van der Waals surface area (Å²) in [5, 5.41) is 8.83. The van der Waals surface area contributed by atoms with Crippen LogP contribution in [0, 0.1) is 0 Å². The predicted molar refractivity (Wildman–Crippen MR) is 63.0 cm³/mol. The lowest BCUT2D eigenvalue weighted by Gasteiger charge is -2.08. The monoisotopic (exact) mass is 236 g/mol. The minimum absolute atomic E-state index is 0.272. The Hall–Kier alpha value is -1.84. The van der Waals surface area contributed by atoms with Gasteiger partial charge in [-0.3, -0.25) is 9.59 Å². The topological polar surface area (TPSA) is 63.6 Å². The van der Waals surface area contributed by atoms with Gasteiger partial charge in [-0.15, -0.1) is 0 Å². The molecule has 1 aromatic rings. The molecule has 0 aliphatic carbocycles. The number of esters is 1. The number of carboxylic acids is 1. The normalized spacial score (nSPS) is 11.9. The van der Waals surface area contributed by atoms with Crippen molar-refractivity contribution < 1.29 is 19.4 Å². The van der Waals surface area contributed by atoms with Gasteiger partial charge in [-0.05, 0) is 31.0 Å². The maximum atomic E-state index is 11.2. The van der Waals surface area contributed by atoms with Gasteiger partial charge in [-0.2, -0.15) is 0 Å². The zero-order chi connectivity index (χ0) is 12.8. The van der Waals surface area contributed by atoms with Crippen molar-refractivity contribution in [3.05, 3.63) is 29.8 Å². The van der Waals surface area contributed by atoms with Crippen LogP contribution < -0.4 is 4.74 Å². The van der Waals surface area contributed by atoms with Gasteiger partial charge >= 0.3 is 11.9 Å². The van der Waals surface area contributed by atoms with E-state index in [1.807, 2.05) is 6.92 Å². The molecule has 0 amide bonds. The van der Waals surface area contributed by atoms with E-state index in [4.69, 9.17) is 9.84 Å². The molecule has 1 unspecified atom stereocenters. The Labute approximate surface area is 100 Å². The first kappa shape index (κ1) is 13.2. The largest absolute Gasteiger partial charge is 0.481 e. The molecule has 0 saturated carbocycles. The van der Waals surface area contributed by atoms with Crippen LogP contribution in [0.3, 0.4) is 0 Å². The molecule has 92 valence electrons. The molecule has 0 saturated heterocycles. The number of aliphatic carboxylic acids is 1. The Morgan fingerprint density at radius 3 is 2.35 bits per heavy atom. The van der Waals surface area contributed by atoms with Gasteiger partial charge < -0.3 is 9.84 Å². The van der Waals surface area contributed by atoms with E-state index in [0.717, 1.165) is 6.42 Å². The van der Waals surface area contributed by atoms with Crippen molar-refractivity contribution in [2.24, 2.45) is 0 Å². The van der Waals surface area contributed by atoms with E-state index in [-0.39, 0.29) is 5.97 Å². The highest BCUT2D eigenvalue weighted by atomic mass is 16.5. The van der Waals surface area contributed by atoms with Crippen molar-refractivity contribution in [2.45, 2.75) is 32.6 Å². The minimum atomic E-state index is -0.874. The van der Waals surface area contributed by atoms with E-state index in [2.05, 4.69) is 0 Å². The fourth-order valence-corrected chi connectivity index (χ4v) is 1.35. The summed E-state index contributed by atoms with van der Waals surface area (Å²) in [6.45, 7) is 3.51. The third kappa shape index (κ3) is 3.90. The fraction of sp³-hybridized carbons (Fsp3) is 0.385.